The molecule has 2 rings (SSSR count). The van der Waals surface area contributed by atoms with Gasteiger partial charge in [0.2, 0.25) is 0 Å². The first-order chi connectivity index (χ1) is 10.9. The molecular formula is C16H23NO5S. The van der Waals surface area contributed by atoms with Gasteiger partial charge in [0.15, 0.2) is 0 Å². The lowest BCUT2D eigenvalue weighted by molar-refractivity contribution is 0.128. The van der Waals surface area contributed by atoms with Crippen LogP contribution < -0.4 is 5.32 Å². The molecule has 0 saturated heterocycles. The SMILES string of the molecule is CS(=O)(=O)OCC1CCC(NC(=O)OCc2ccccc2)CC1. The highest BCUT2D eigenvalue weighted by atomic mass is 32.2. The van der Waals surface area contributed by atoms with Crippen LogP contribution in [0.3, 0.4) is 0 Å². The minimum atomic E-state index is -3.38. The predicted molar refractivity (Wildman–Crippen MR) is 86.3 cm³/mol. The lowest BCUT2D eigenvalue weighted by Crippen LogP contribution is -2.38. The maximum atomic E-state index is 11.8. The summed E-state index contributed by atoms with van der Waals surface area (Å²) >= 11 is 0. The average Bonchev–Trinajstić information content (AvgIpc) is 2.53. The summed E-state index contributed by atoms with van der Waals surface area (Å²) in [5.41, 5.74) is 0.948. The van der Waals surface area contributed by atoms with Crippen molar-refractivity contribution in [3.05, 3.63) is 35.9 Å². The van der Waals surface area contributed by atoms with Crippen LogP contribution in [-0.2, 0) is 25.6 Å². The molecule has 0 unspecified atom stereocenters. The van der Waals surface area contributed by atoms with Gasteiger partial charge in [-0.15, -0.1) is 0 Å². The Labute approximate surface area is 137 Å². The Bertz CT molecular complexity index is 594. The fraction of sp³-hybridized carbons (Fsp3) is 0.562. The smallest absolute Gasteiger partial charge is 0.407 e. The van der Waals surface area contributed by atoms with E-state index in [1.807, 2.05) is 30.3 Å². The second-order valence-corrected chi connectivity index (χ2v) is 7.56. The molecule has 1 aromatic rings. The van der Waals surface area contributed by atoms with Gasteiger partial charge in [-0.1, -0.05) is 30.3 Å². The highest BCUT2D eigenvalue weighted by molar-refractivity contribution is 7.85. The van der Waals surface area contributed by atoms with Gasteiger partial charge < -0.3 is 10.1 Å². The van der Waals surface area contributed by atoms with Crippen LogP contribution in [0.5, 0.6) is 0 Å². The number of carbonyl (C=O) groups is 1. The van der Waals surface area contributed by atoms with Crippen LogP contribution in [0.15, 0.2) is 30.3 Å². The van der Waals surface area contributed by atoms with Crippen molar-refractivity contribution in [2.45, 2.75) is 38.3 Å². The van der Waals surface area contributed by atoms with Gasteiger partial charge in [-0.25, -0.2) is 4.79 Å². The molecular weight excluding hydrogens is 318 g/mol. The Morgan fingerprint density at radius 3 is 2.43 bits per heavy atom. The van der Waals surface area contributed by atoms with Crippen LogP contribution in [0.25, 0.3) is 0 Å². The second kappa shape index (κ2) is 8.31. The van der Waals surface area contributed by atoms with Crippen LogP contribution >= 0.6 is 0 Å². The second-order valence-electron chi connectivity index (χ2n) is 5.91. The maximum Gasteiger partial charge on any atom is 0.407 e. The molecule has 1 N–H and O–H groups in total. The average molecular weight is 341 g/mol. The van der Waals surface area contributed by atoms with Crippen molar-refractivity contribution in [1.29, 1.82) is 0 Å². The zero-order valence-electron chi connectivity index (χ0n) is 13.2. The third-order valence-corrected chi connectivity index (χ3v) is 4.46. The minimum Gasteiger partial charge on any atom is -0.445 e. The van der Waals surface area contributed by atoms with Crippen molar-refractivity contribution >= 4 is 16.2 Å². The summed E-state index contributed by atoms with van der Waals surface area (Å²) in [6.45, 7) is 0.480. The van der Waals surface area contributed by atoms with E-state index >= 15 is 0 Å². The highest BCUT2D eigenvalue weighted by Crippen LogP contribution is 2.25. The zero-order chi connectivity index (χ0) is 16.7. The number of rotatable bonds is 6. The number of hydrogen-bond acceptors (Lipinski definition) is 5. The number of amides is 1. The summed E-state index contributed by atoms with van der Waals surface area (Å²) in [5.74, 6) is 0.225. The van der Waals surface area contributed by atoms with E-state index in [0.29, 0.717) is 0 Å². The van der Waals surface area contributed by atoms with Gasteiger partial charge >= 0.3 is 6.09 Å². The van der Waals surface area contributed by atoms with Gasteiger partial charge in [0.05, 0.1) is 12.9 Å². The lowest BCUT2D eigenvalue weighted by atomic mass is 9.87. The molecule has 1 amide bonds. The molecule has 0 spiro atoms. The van der Waals surface area contributed by atoms with Crippen molar-refractivity contribution in [2.75, 3.05) is 12.9 Å². The Hall–Kier alpha value is -1.60. The van der Waals surface area contributed by atoms with Crippen molar-refractivity contribution < 1.29 is 22.1 Å². The van der Waals surface area contributed by atoms with E-state index in [1.54, 1.807) is 0 Å². The molecule has 0 aliphatic heterocycles. The van der Waals surface area contributed by atoms with Crippen molar-refractivity contribution in [3.63, 3.8) is 0 Å². The van der Waals surface area contributed by atoms with Crippen LogP contribution in [0, 0.1) is 5.92 Å². The number of alkyl carbamates (subject to hydrolysis) is 1. The number of nitrogens with one attached hydrogen (secondary N) is 1. The fourth-order valence-electron chi connectivity index (χ4n) is 2.62. The predicted octanol–water partition coefficient (Wildman–Crippen LogP) is 2.45. The van der Waals surface area contributed by atoms with Gasteiger partial charge in [-0.3, -0.25) is 4.18 Å². The summed E-state index contributed by atoms with van der Waals surface area (Å²) < 4.78 is 32.0. The van der Waals surface area contributed by atoms with Gasteiger partial charge in [-0.05, 0) is 37.2 Å². The molecule has 0 bridgehead atoms. The van der Waals surface area contributed by atoms with Crippen LogP contribution in [-0.4, -0.2) is 33.4 Å². The van der Waals surface area contributed by atoms with Gasteiger partial charge in [0.25, 0.3) is 10.1 Å². The maximum absolute atomic E-state index is 11.8. The topological polar surface area (TPSA) is 81.7 Å². The fourth-order valence-corrected chi connectivity index (χ4v) is 3.06. The zero-order valence-corrected chi connectivity index (χ0v) is 14.1. The van der Waals surface area contributed by atoms with Gasteiger partial charge in [0, 0.05) is 6.04 Å². The van der Waals surface area contributed by atoms with E-state index in [2.05, 4.69) is 5.32 Å². The summed E-state index contributed by atoms with van der Waals surface area (Å²) in [4.78, 5) is 11.8. The molecule has 128 valence electrons. The van der Waals surface area contributed by atoms with E-state index in [-0.39, 0.29) is 25.2 Å². The lowest BCUT2D eigenvalue weighted by Gasteiger charge is -2.28. The number of benzene rings is 1. The molecule has 1 aromatic carbocycles. The quantitative estimate of drug-likeness (QED) is 0.804. The molecule has 1 saturated carbocycles. The third-order valence-electron chi connectivity index (χ3n) is 3.90. The van der Waals surface area contributed by atoms with Crippen LogP contribution in [0.2, 0.25) is 0 Å². The summed E-state index contributed by atoms with van der Waals surface area (Å²) in [7, 11) is -3.38. The molecule has 0 atom stereocenters. The Kier molecular flexibility index (Phi) is 6.41. The van der Waals surface area contributed by atoms with E-state index in [1.165, 1.54) is 0 Å². The first-order valence-corrected chi connectivity index (χ1v) is 9.55. The summed E-state index contributed by atoms with van der Waals surface area (Å²) in [5, 5.41) is 2.86. The van der Waals surface area contributed by atoms with E-state index in [0.717, 1.165) is 37.5 Å². The molecule has 6 nitrogen and oxygen atoms in total. The number of ether oxygens (including phenoxy) is 1. The van der Waals surface area contributed by atoms with E-state index < -0.39 is 16.2 Å². The molecule has 0 radical (unpaired) electrons. The largest absolute Gasteiger partial charge is 0.445 e. The normalized spacial score (nSPS) is 21.6. The molecule has 7 heteroatoms. The highest BCUT2D eigenvalue weighted by Gasteiger charge is 2.23. The summed E-state index contributed by atoms with van der Waals surface area (Å²) in [6, 6.07) is 9.59. The standard InChI is InChI=1S/C16H23NO5S/c1-23(19,20)22-12-14-7-9-15(10-8-14)17-16(18)21-11-13-5-3-2-4-6-13/h2-6,14-15H,7-12H2,1H3,(H,17,18). The van der Waals surface area contributed by atoms with Gasteiger partial charge in [-0.2, -0.15) is 8.42 Å². The first-order valence-electron chi connectivity index (χ1n) is 7.74. The van der Waals surface area contributed by atoms with E-state index in [9.17, 15) is 13.2 Å². The Balaban J connectivity index is 1.64. The molecule has 0 heterocycles. The van der Waals surface area contributed by atoms with Crippen LogP contribution in [0.4, 0.5) is 4.79 Å². The van der Waals surface area contributed by atoms with E-state index in [4.69, 9.17) is 8.92 Å². The molecule has 1 aliphatic carbocycles. The number of carbonyl (C=O) groups excluding carboxylic acids is 1. The van der Waals surface area contributed by atoms with Gasteiger partial charge in [0.1, 0.15) is 6.61 Å². The molecule has 1 fully saturated rings. The minimum absolute atomic E-state index is 0.0766. The molecule has 1 aliphatic rings. The van der Waals surface area contributed by atoms with Crippen molar-refractivity contribution in [2.24, 2.45) is 5.92 Å². The van der Waals surface area contributed by atoms with Crippen molar-refractivity contribution in [3.8, 4) is 0 Å². The van der Waals surface area contributed by atoms with Crippen molar-refractivity contribution in [1.82, 2.24) is 5.32 Å². The monoisotopic (exact) mass is 341 g/mol. The Morgan fingerprint density at radius 2 is 1.83 bits per heavy atom. The molecule has 0 aromatic heterocycles. The first kappa shape index (κ1) is 17.7. The summed E-state index contributed by atoms with van der Waals surface area (Å²) in [6.07, 6.45) is 3.92. The number of hydrogen-bond donors (Lipinski definition) is 1. The Morgan fingerprint density at radius 1 is 1.17 bits per heavy atom. The molecule has 23 heavy (non-hydrogen) atoms. The third kappa shape index (κ3) is 7.00. The van der Waals surface area contributed by atoms with Crippen LogP contribution in [0.1, 0.15) is 31.2 Å².